The number of amides is 1. The van der Waals surface area contributed by atoms with Gasteiger partial charge in [-0.1, -0.05) is 47.0 Å². The fraction of sp³-hybridized carbons (Fsp3) is 0.947. The van der Waals surface area contributed by atoms with Gasteiger partial charge in [0, 0.05) is 19.5 Å². The summed E-state index contributed by atoms with van der Waals surface area (Å²) in [5.74, 6) is 1.14. The lowest BCUT2D eigenvalue weighted by atomic mass is 9.97. The third kappa shape index (κ3) is 11.1. The number of nitrogens with one attached hydrogen (secondary N) is 1. The first-order valence-electron chi connectivity index (χ1n) is 9.67. The summed E-state index contributed by atoms with van der Waals surface area (Å²) in [5.41, 5.74) is 0. The molecule has 1 amide bonds. The topological polar surface area (TPSA) is 32.3 Å². The third-order valence-electron chi connectivity index (χ3n) is 4.37. The molecule has 1 rings (SSSR count). The minimum atomic E-state index is 0.328. The maximum absolute atomic E-state index is 11.6. The molecular formula is C19H40N2O. The highest BCUT2D eigenvalue weighted by Gasteiger charge is 2.19. The van der Waals surface area contributed by atoms with E-state index in [1.54, 1.807) is 0 Å². The van der Waals surface area contributed by atoms with Crippen LogP contribution in [0.5, 0.6) is 0 Å². The number of hydrogen-bond acceptors (Lipinski definition) is 2. The van der Waals surface area contributed by atoms with E-state index < -0.39 is 0 Å². The molecule has 1 heterocycles. The largest absolute Gasteiger partial charge is 0.343 e. The first kappa shape index (κ1) is 21.4. The summed E-state index contributed by atoms with van der Waals surface area (Å²) >= 11 is 0. The smallest absolute Gasteiger partial charge is 0.222 e. The minimum absolute atomic E-state index is 0.328. The monoisotopic (exact) mass is 312 g/mol. The van der Waals surface area contributed by atoms with Gasteiger partial charge in [-0.25, -0.2) is 0 Å². The van der Waals surface area contributed by atoms with Crippen molar-refractivity contribution in [2.24, 2.45) is 5.92 Å². The zero-order chi connectivity index (χ0) is 16.6. The van der Waals surface area contributed by atoms with E-state index in [0.29, 0.717) is 12.3 Å². The van der Waals surface area contributed by atoms with Crippen LogP contribution in [0.3, 0.4) is 0 Å². The molecule has 1 atom stereocenters. The molecule has 3 nitrogen and oxygen atoms in total. The Bertz CT molecular complexity index is 254. The maximum atomic E-state index is 11.6. The van der Waals surface area contributed by atoms with Gasteiger partial charge in [-0.3, -0.25) is 4.79 Å². The highest BCUT2D eigenvalue weighted by atomic mass is 16.2. The summed E-state index contributed by atoms with van der Waals surface area (Å²) in [4.78, 5) is 13.7. The van der Waals surface area contributed by atoms with Crippen LogP contribution in [0.4, 0.5) is 0 Å². The van der Waals surface area contributed by atoms with E-state index >= 15 is 0 Å². The maximum Gasteiger partial charge on any atom is 0.222 e. The Balaban J connectivity index is 0.000000763. The molecule has 3 heteroatoms. The number of rotatable bonds is 8. The molecule has 1 aliphatic rings. The Hall–Kier alpha value is -0.570. The summed E-state index contributed by atoms with van der Waals surface area (Å²) in [6, 6.07) is 0. The van der Waals surface area contributed by atoms with Crippen molar-refractivity contribution in [1.29, 1.82) is 0 Å². The van der Waals surface area contributed by atoms with Crippen molar-refractivity contribution in [3.8, 4) is 0 Å². The van der Waals surface area contributed by atoms with E-state index in [4.69, 9.17) is 0 Å². The molecule has 1 N–H and O–H groups in total. The summed E-state index contributed by atoms with van der Waals surface area (Å²) in [5, 5.41) is 3.47. The van der Waals surface area contributed by atoms with Crippen LogP contribution in [-0.2, 0) is 4.79 Å². The normalized spacial score (nSPS) is 18.4. The van der Waals surface area contributed by atoms with E-state index in [9.17, 15) is 4.79 Å². The Labute approximate surface area is 139 Å². The van der Waals surface area contributed by atoms with Crippen molar-refractivity contribution in [1.82, 2.24) is 10.2 Å². The molecule has 1 aliphatic heterocycles. The molecule has 1 unspecified atom stereocenters. The van der Waals surface area contributed by atoms with E-state index in [-0.39, 0.29) is 0 Å². The van der Waals surface area contributed by atoms with E-state index in [1.807, 2.05) is 6.92 Å². The minimum Gasteiger partial charge on any atom is -0.343 e. The van der Waals surface area contributed by atoms with Crippen molar-refractivity contribution in [3.05, 3.63) is 0 Å². The third-order valence-corrected chi connectivity index (χ3v) is 4.37. The molecule has 1 fully saturated rings. The van der Waals surface area contributed by atoms with Gasteiger partial charge >= 0.3 is 0 Å². The van der Waals surface area contributed by atoms with Crippen LogP contribution in [0, 0.1) is 5.92 Å². The Morgan fingerprint density at radius 3 is 2.27 bits per heavy atom. The van der Waals surface area contributed by atoms with Crippen molar-refractivity contribution in [2.75, 3.05) is 26.2 Å². The molecule has 132 valence electrons. The lowest BCUT2D eigenvalue weighted by Crippen LogP contribution is -2.31. The van der Waals surface area contributed by atoms with Crippen LogP contribution < -0.4 is 5.32 Å². The molecule has 0 spiro atoms. The van der Waals surface area contributed by atoms with Gasteiger partial charge in [-0.05, 0) is 51.1 Å². The lowest BCUT2D eigenvalue weighted by Gasteiger charge is -2.19. The van der Waals surface area contributed by atoms with Gasteiger partial charge in [0.15, 0.2) is 0 Å². The number of unbranched alkanes of at least 4 members (excludes halogenated alkanes) is 2. The lowest BCUT2D eigenvalue weighted by molar-refractivity contribution is -0.130. The van der Waals surface area contributed by atoms with Crippen LogP contribution in [0.1, 0.15) is 85.5 Å². The average molecular weight is 313 g/mol. The van der Waals surface area contributed by atoms with Gasteiger partial charge in [0.05, 0.1) is 0 Å². The Morgan fingerprint density at radius 2 is 1.73 bits per heavy atom. The molecular weight excluding hydrogens is 272 g/mol. The van der Waals surface area contributed by atoms with Crippen LogP contribution >= 0.6 is 0 Å². The predicted molar refractivity (Wildman–Crippen MR) is 97.2 cm³/mol. The van der Waals surface area contributed by atoms with Gasteiger partial charge in [0.2, 0.25) is 5.91 Å². The van der Waals surface area contributed by atoms with E-state index in [0.717, 1.165) is 32.1 Å². The number of hydrogen-bond donors (Lipinski definition) is 1. The van der Waals surface area contributed by atoms with Gasteiger partial charge in [0.1, 0.15) is 0 Å². The first-order chi connectivity index (χ1) is 10.7. The first-order valence-corrected chi connectivity index (χ1v) is 9.67. The molecule has 0 bridgehead atoms. The standard InChI is InChI=1S/C14H28N2O.C5H12/c1-3-9-15-10-7-13-6-5-11-16(12-8-13)14(17)4-2;1-3-5-4-2/h13,15H,3-12H2,1-2H3;3-5H2,1-2H3. The molecule has 0 aliphatic carbocycles. The van der Waals surface area contributed by atoms with Crippen LogP contribution in [-0.4, -0.2) is 37.0 Å². The van der Waals surface area contributed by atoms with Crippen LogP contribution in [0.25, 0.3) is 0 Å². The summed E-state index contributed by atoms with van der Waals surface area (Å²) in [7, 11) is 0. The van der Waals surface area contributed by atoms with Crippen LogP contribution in [0.2, 0.25) is 0 Å². The second kappa shape index (κ2) is 15.3. The molecule has 22 heavy (non-hydrogen) atoms. The van der Waals surface area contributed by atoms with E-state index in [2.05, 4.69) is 31.0 Å². The zero-order valence-corrected chi connectivity index (χ0v) is 15.6. The molecule has 0 radical (unpaired) electrons. The molecule has 0 saturated carbocycles. The van der Waals surface area contributed by atoms with Crippen molar-refractivity contribution in [3.63, 3.8) is 0 Å². The summed E-state index contributed by atoms with van der Waals surface area (Å²) in [6.07, 6.45) is 10.9. The average Bonchev–Trinajstić information content (AvgIpc) is 2.78. The SMILES string of the molecule is CCCCC.CCCNCCC1CCCN(C(=O)CC)CC1. The van der Waals surface area contributed by atoms with E-state index in [1.165, 1.54) is 51.4 Å². The summed E-state index contributed by atoms with van der Waals surface area (Å²) < 4.78 is 0. The molecule has 0 aromatic rings. The summed E-state index contributed by atoms with van der Waals surface area (Å²) in [6.45, 7) is 12.8. The highest BCUT2D eigenvalue weighted by molar-refractivity contribution is 5.75. The van der Waals surface area contributed by atoms with Gasteiger partial charge in [0.25, 0.3) is 0 Å². The van der Waals surface area contributed by atoms with Crippen molar-refractivity contribution >= 4 is 5.91 Å². The van der Waals surface area contributed by atoms with Crippen molar-refractivity contribution in [2.45, 2.75) is 85.5 Å². The Morgan fingerprint density at radius 1 is 1.00 bits per heavy atom. The molecule has 0 aromatic heterocycles. The number of carbonyl (C=O) groups is 1. The van der Waals surface area contributed by atoms with Gasteiger partial charge < -0.3 is 10.2 Å². The molecule has 0 aromatic carbocycles. The number of likely N-dealkylation sites (tertiary alicyclic amines) is 1. The predicted octanol–water partition coefficient (Wildman–Crippen LogP) is 4.61. The fourth-order valence-electron chi connectivity index (χ4n) is 2.89. The fourth-order valence-corrected chi connectivity index (χ4v) is 2.89. The van der Waals surface area contributed by atoms with Gasteiger partial charge in [-0.2, -0.15) is 0 Å². The second-order valence-corrected chi connectivity index (χ2v) is 6.42. The Kier molecular flexibility index (Phi) is 14.9. The highest BCUT2D eigenvalue weighted by Crippen LogP contribution is 2.20. The number of nitrogens with zero attached hydrogens (tertiary/aromatic N) is 1. The van der Waals surface area contributed by atoms with Crippen molar-refractivity contribution < 1.29 is 4.79 Å². The van der Waals surface area contributed by atoms with Gasteiger partial charge in [-0.15, -0.1) is 0 Å². The van der Waals surface area contributed by atoms with Crippen LogP contribution in [0.15, 0.2) is 0 Å². The number of carbonyl (C=O) groups excluding carboxylic acids is 1. The second-order valence-electron chi connectivity index (χ2n) is 6.42. The molecule has 1 saturated heterocycles. The quantitative estimate of drug-likeness (QED) is 0.664. The zero-order valence-electron chi connectivity index (χ0n) is 15.6.